The van der Waals surface area contributed by atoms with Gasteiger partial charge in [-0.1, -0.05) is 12.1 Å². The van der Waals surface area contributed by atoms with Crippen LogP contribution in [0.25, 0.3) is 11.0 Å². The van der Waals surface area contributed by atoms with Gasteiger partial charge in [-0.15, -0.1) is 0 Å². The van der Waals surface area contributed by atoms with Gasteiger partial charge in [0.2, 0.25) is 0 Å². The van der Waals surface area contributed by atoms with Crippen molar-refractivity contribution in [2.75, 3.05) is 19.6 Å². The number of imidazole rings is 1. The lowest BCUT2D eigenvalue weighted by atomic mass is 9.96. The summed E-state index contributed by atoms with van der Waals surface area (Å²) < 4.78 is 28.5. The van der Waals surface area contributed by atoms with Crippen LogP contribution in [-0.2, 0) is 6.54 Å². The van der Waals surface area contributed by atoms with E-state index in [1.807, 2.05) is 24.5 Å². The normalized spacial score (nSPS) is 16.1. The summed E-state index contributed by atoms with van der Waals surface area (Å²) in [6.07, 6.45) is 3.89. The van der Waals surface area contributed by atoms with Crippen LogP contribution in [0.1, 0.15) is 23.2 Å². The Morgan fingerprint density at radius 2 is 1.85 bits per heavy atom. The molecule has 1 saturated heterocycles. The minimum absolute atomic E-state index is 0.173. The number of aromatic nitrogens is 2. The number of hydrogen-bond donors (Lipinski definition) is 0. The van der Waals surface area contributed by atoms with Gasteiger partial charge < -0.3 is 4.57 Å². The van der Waals surface area contributed by atoms with Crippen molar-refractivity contribution in [2.45, 2.75) is 19.4 Å². The van der Waals surface area contributed by atoms with Crippen molar-refractivity contribution < 1.29 is 13.6 Å². The quantitative estimate of drug-likeness (QED) is 0.640. The molecule has 27 heavy (non-hydrogen) atoms. The van der Waals surface area contributed by atoms with E-state index in [9.17, 15) is 13.6 Å². The smallest absolute Gasteiger partial charge is 0.176 e. The van der Waals surface area contributed by atoms with E-state index < -0.39 is 11.6 Å². The summed E-state index contributed by atoms with van der Waals surface area (Å²) in [5, 5.41) is 0. The van der Waals surface area contributed by atoms with E-state index in [-0.39, 0.29) is 17.9 Å². The number of rotatable bonds is 5. The molecule has 4 nitrogen and oxygen atoms in total. The molecule has 1 fully saturated rings. The summed E-state index contributed by atoms with van der Waals surface area (Å²) in [7, 11) is 0. The van der Waals surface area contributed by atoms with Gasteiger partial charge in [0.05, 0.1) is 23.9 Å². The third-order valence-corrected chi connectivity index (χ3v) is 5.30. The third-order valence-electron chi connectivity index (χ3n) is 5.30. The second-order valence-corrected chi connectivity index (χ2v) is 7.16. The minimum Gasteiger partial charge on any atom is -0.330 e. The maximum absolute atomic E-state index is 13.3. The molecule has 0 spiro atoms. The molecule has 140 valence electrons. The molecule has 1 aromatic heterocycles. The van der Waals surface area contributed by atoms with Crippen LogP contribution in [0, 0.1) is 17.6 Å². The Hall–Kier alpha value is -2.60. The number of carbonyl (C=O) groups is 1. The number of para-hydroxylation sites is 2. The number of ketones is 1. The van der Waals surface area contributed by atoms with E-state index in [0.717, 1.165) is 55.6 Å². The van der Waals surface area contributed by atoms with E-state index in [1.165, 1.54) is 6.07 Å². The van der Waals surface area contributed by atoms with Crippen LogP contribution in [0.4, 0.5) is 8.78 Å². The fourth-order valence-electron chi connectivity index (χ4n) is 3.73. The molecule has 4 rings (SSSR count). The standard InChI is InChI=1S/C21H21F2N3O/c22-17-6-5-16(11-18(17)23)21(27)13-25-9-7-15(8-10-25)12-26-14-24-19-3-1-2-4-20(19)26/h1-6,11,14-15H,7-10,12-13H2. The predicted molar refractivity (Wildman–Crippen MR) is 99.6 cm³/mol. The van der Waals surface area contributed by atoms with Crippen molar-refractivity contribution in [3.63, 3.8) is 0 Å². The lowest BCUT2D eigenvalue weighted by Crippen LogP contribution is -2.38. The maximum Gasteiger partial charge on any atom is 0.176 e. The number of carbonyl (C=O) groups excluding carboxylic acids is 1. The highest BCUT2D eigenvalue weighted by molar-refractivity contribution is 5.97. The number of nitrogens with zero attached hydrogens (tertiary/aromatic N) is 3. The van der Waals surface area contributed by atoms with Gasteiger partial charge in [0.1, 0.15) is 0 Å². The van der Waals surface area contributed by atoms with Gasteiger partial charge in [-0.05, 0) is 62.2 Å². The van der Waals surface area contributed by atoms with Crippen LogP contribution in [0.5, 0.6) is 0 Å². The van der Waals surface area contributed by atoms with Crippen LogP contribution in [0.3, 0.4) is 0 Å². The zero-order valence-electron chi connectivity index (χ0n) is 14.9. The Bertz CT molecular complexity index is 961. The van der Waals surface area contributed by atoms with Crippen LogP contribution in [0.2, 0.25) is 0 Å². The molecular weight excluding hydrogens is 348 g/mol. The van der Waals surface area contributed by atoms with Crippen molar-refractivity contribution in [2.24, 2.45) is 5.92 Å². The first-order chi connectivity index (χ1) is 13.1. The number of halogens is 2. The molecule has 6 heteroatoms. The molecule has 1 aliphatic heterocycles. The summed E-state index contributed by atoms with van der Waals surface area (Å²) in [5.41, 5.74) is 2.38. The lowest BCUT2D eigenvalue weighted by molar-refractivity contribution is 0.0890. The molecule has 2 heterocycles. The van der Waals surface area contributed by atoms with Crippen molar-refractivity contribution >= 4 is 16.8 Å². The fraction of sp³-hybridized carbons (Fsp3) is 0.333. The van der Waals surface area contributed by atoms with Gasteiger partial charge in [0.25, 0.3) is 0 Å². The van der Waals surface area contributed by atoms with E-state index >= 15 is 0 Å². The highest BCUT2D eigenvalue weighted by atomic mass is 19.2. The molecule has 0 saturated carbocycles. The molecule has 2 aromatic carbocycles. The molecule has 3 aromatic rings. The molecule has 0 bridgehead atoms. The number of Topliss-reactive ketones (excluding diaryl/α,β-unsaturated/α-hetero) is 1. The third kappa shape index (κ3) is 3.90. The van der Waals surface area contributed by atoms with Gasteiger partial charge in [-0.2, -0.15) is 0 Å². The van der Waals surface area contributed by atoms with Crippen molar-refractivity contribution in [3.8, 4) is 0 Å². The van der Waals surface area contributed by atoms with Crippen LogP contribution in [-0.4, -0.2) is 39.9 Å². The van der Waals surface area contributed by atoms with E-state index in [0.29, 0.717) is 5.92 Å². The summed E-state index contributed by atoms with van der Waals surface area (Å²) >= 11 is 0. The number of likely N-dealkylation sites (tertiary alicyclic amines) is 1. The van der Waals surface area contributed by atoms with E-state index in [2.05, 4.69) is 20.5 Å². The molecule has 1 aliphatic rings. The number of piperidine rings is 1. The number of hydrogen-bond acceptors (Lipinski definition) is 3. The van der Waals surface area contributed by atoms with Gasteiger partial charge >= 0.3 is 0 Å². The molecule has 0 radical (unpaired) electrons. The van der Waals surface area contributed by atoms with Crippen molar-refractivity contribution in [1.29, 1.82) is 0 Å². The molecule has 0 amide bonds. The van der Waals surface area contributed by atoms with E-state index in [1.54, 1.807) is 0 Å². The largest absolute Gasteiger partial charge is 0.330 e. The van der Waals surface area contributed by atoms with Gasteiger partial charge in [-0.3, -0.25) is 9.69 Å². The average Bonchev–Trinajstić information content (AvgIpc) is 3.08. The Morgan fingerprint density at radius 3 is 2.63 bits per heavy atom. The molecular formula is C21H21F2N3O. The summed E-state index contributed by atoms with van der Waals surface area (Å²) in [6.45, 7) is 2.82. The zero-order valence-corrected chi connectivity index (χ0v) is 14.9. The number of fused-ring (bicyclic) bond motifs is 1. The van der Waals surface area contributed by atoms with Crippen molar-refractivity contribution in [3.05, 3.63) is 66.0 Å². The average molecular weight is 369 g/mol. The first kappa shape index (κ1) is 17.8. The zero-order chi connectivity index (χ0) is 18.8. The molecule has 0 atom stereocenters. The Kier molecular flexibility index (Phi) is 4.99. The lowest BCUT2D eigenvalue weighted by Gasteiger charge is -2.31. The van der Waals surface area contributed by atoms with Gasteiger partial charge in [0, 0.05) is 12.1 Å². The summed E-state index contributed by atoms with van der Waals surface area (Å²) in [6, 6.07) is 11.4. The van der Waals surface area contributed by atoms with Crippen LogP contribution < -0.4 is 0 Å². The van der Waals surface area contributed by atoms with Crippen LogP contribution >= 0.6 is 0 Å². The molecule has 0 unspecified atom stereocenters. The topological polar surface area (TPSA) is 38.1 Å². The SMILES string of the molecule is O=C(CN1CCC(Cn2cnc3ccccc32)CC1)c1ccc(F)c(F)c1. The van der Waals surface area contributed by atoms with Gasteiger partial charge in [0.15, 0.2) is 17.4 Å². The maximum atomic E-state index is 13.3. The van der Waals surface area contributed by atoms with Crippen LogP contribution in [0.15, 0.2) is 48.8 Å². The highest BCUT2D eigenvalue weighted by Crippen LogP contribution is 2.22. The Balaban J connectivity index is 1.32. The van der Waals surface area contributed by atoms with Gasteiger partial charge in [-0.25, -0.2) is 13.8 Å². The van der Waals surface area contributed by atoms with E-state index in [4.69, 9.17) is 0 Å². The Labute approximate surface area is 156 Å². The minimum atomic E-state index is -0.980. The molecule has 0 aliphatic carbocycles. The second kappa shape index (κ2) is 7.56. The summed E-state index contributed by atoms with van der Waals surface area (Å²) in [5.74, 6) is -1.54. The fourth-order valence-corrected chi connectivity index (χ4v) is 3.73. The summed E-state index contributed by atoms with van der Waals surface area (Å²) in [4.78, 5) is 18.8. The highest BCUT2D eigenvalue weighted by Gasteiger charge is 2.22. The first-order valence-corrected chi connectivity index (χ1v) is 9.20. The Morgan fingerprint density at radius 1 is 1.07 bits per heavy atom. The monoisotopic (exact) mass is 369 g/mol. The van der Waals surface area contributed by atoms with Crippen molar-refractivity contribution in [1.82, 2.24) is 14.5 Å². The predicted octanol–water partition coefficient (Wildman–Crippen LogP) is 3.91. The molecule has 0 N–H and O–H groups in total. The second-order valence-electron chi connectivity index (χ2n) is 7.16. The first-order valence-electron chi connectivity index (χ1n) is 9.20. The number of benzene rings is 2.